The molecule has 17 heteroatoms. The molecule has 67 heavy (non-hydrogen) atoms. The number of carbonyl (C=O) groups excluding carboxylic acids is 3. The lowest BCUT2D eigenvalue weighted by Crippen LogP contribution is -2.46. The molecule has 5 bridgehead atoms. The third-order valence-corrected chi connectivity index (χ3v) is 13.3. The number of hydrazone groups is 1. The molecule has 1 saturated heterocycles. The number of anilines is 1. The number of hydrogen-bond acceptors (Lipinski definition) is 16. The van der Waals surface area contributed by atoms with Crippen LogP contribution in [0, 0.1) is 30.6 Å². The molecule has 4 aliphatic heterocycles. The Hall–Kier alpha value is -6.14. The zero-order valence-corrected chi connectivity index (χ0v) is 39.8. The van der Waals surface area contributed by atoms with Crippen molar-refractivity contribution in [3.05, 3.63) is 82.7 Å². The van der Waals surface area contributed by atoms with Crippen LogP contribution in [0.15, 0.2) is 65.5 Å². The molecule has 1 amide bonds. The van der Waals surface area contributed by atoms with E-state index in [1.165, 1.54) is 59.4 Å². The predicted octanol–water partition coefficient (Wildman–Crippen LogP) is 5.91. The summed E-state index contributed by atoms with van der Waals surface area (Å²) >= 11 is 0. The average molecular weight is 929 g/mol. The number of amides is 1. The fraction of sp³-hybridized carbons (Fsp3) is 0.480. The van der Waals surface area contributed by atoms with E-state index in [-0.39, 0.29) is 44.5 Å². The highest BCUT2D eigenvalue weighted by Gasteiger charge is 2.50. The molecule has 0 unspecified atom stereocenters. The van der Waals surface area contributed by atoms with Crippen LogP contribution >= 0.6 is 0 Å². The second kappa shape index (κ2) is 20.8. The van der Waals surface area contributed by atoms with Crippen molar-refractivity contribution in [3.63, 3.8) is 0 Å². The van der Waals surface area contributed by atoms with Gasteiger partial charge in [0.2, 0.25) is 0 Å². The van der Waals surface area contributed by atoms with Crippen LogP contribution in [-0.4, -0.2) is 130 Å². The Kier molecular flexibility index (Phi) is 15.6. The maximum atomic E-state index is 14.6. The lowest BCUT2D eigenvalue weighted by Gasteiger charge is -2.38. The van der Waals surface area contributed by atoms with E-state index >= 15 is 0 Å². The summed E-state index contributed by atoms with van der Waals surface area (Å²) < 4.78 is 29.1. The third-order valence-electron chi connectivity index (χ3n) is 13.3. The number of nitrogens with zero attached hydrogens (tertiary/aromatic N) is 3. The standard InChI is InChI=1S/C50H64N4O13/c1-26-13-11-14-27(2)49(62)52-40-35(24-51-54-20-18-53(19-21-54)25-33-15-12-16-34(23-33)63-9)44(59)37-38(45(40)60)43(58)31(6)47-39(37)48(61)50(8,67-47)65-22-17-36(64-10)28(3)46(66-32(7)55)30(5)42(57)29(4)41(26)56/h11-17,22-24,26,28-30,36,41-42,46,56-60H,18-21,25H2,1-10H3,(H,52,62)/t26-,28+,29-,30-,36+,41-,42-,46+,50+/m1/s1. The fourth-order valence-electron chi connectivity index (χ4n) is 9.05. The molecule has 0 saturated carbocycles. The molecule has 9 atom stereocenters. The maximum absolute atomic E-state index is 14.6. The number of nitrogens with one attached hydrogen (secondary N) is 1. The van der Waals surface area contributed by atoms with Crippen LogP contribution in [-0.2, 0) is 30.3 Å². The van der Waals surface area contributed by atoms with Crippen molar-refractivity contribution < 1.29 is 63.6 Å². The molecule has 0 aliphatic carbocycles. The molecule has 0 aromatic heterocycles. The molecule has 3 aromatic carbocycles. The first-order valence-electron chi connectivity index (χ1n) is 22.4. The lowest BCUT2D eigenvalue weighted by molar-refractivity contribution is -0.160. The SMILES string of the molecule is COc1cccc(CN2CCN(N=Cc3c4c(O)c5c(O)c(C)c6c(c5c3O)C(=O)[C@@](C)(OC=C[C@H](OC)[C@H](C)[C@H](OC(C)=O)[C@H](C)[C@H](O)[C@H](C)[C@H](O)[C@H](C)C=CC=C(C)C(=O)N4)O6)CC2)c1. The number of phenols is 3. The zero-order chi connectivity index (χ0) is 49.1. The largest absolute Gasteiger partial charge is 0.507 e. The molecular formula is C50H64N4O13. The Morgan fingerprint density at radius 2 is 1.64 bits per heavy atom. The Morgan fingerprint density at radius 3 is 2.30 bits per heavy atom. The van der Waals surface area contributed by atoms with Gasteiger partial charge >= 0.3 is 11.8 Å². The first kappa shape index (κ1) is 50.3. The van der Waals surface area contributed by atoms with Crippen LogP contribution in [0.25, 0.3) is 10.8 Å². The van der Waals surface area contributed by atoms with Crippen molar-refractivity contribution in [2.75, 3.05) is 45.7 Å². The number of esters is 1. The highest BCUT2D eigenvalue weighted by molar-refractivity contribution is 6.23. The molecule has 4 heterocycles. The van der Waals surface area contributed by atoms with Crippen molar-refractivity contribution in [1.82, 2.24) is 9.91 Å². The van der Waals surface area contributed by atoms with Crippen molar-refractivity contribution in [2.24, 2.45) is 28.8 Å². The van der Waals surface area contributed by atoms with E-state index < -0.39 is 88.8 Å². The van der Waals surface area contributed by atoms with E-state index in [0.717, 1.165) is 11.3 Å². The molecule has 7 rings (SSSR count). The highest BCUT2D eigenvalue weighted by atomic mass is 16.7. The average Bonchev–Trinajstić information content (AvgIpc) is 3.57. The van der Waals surface area contributed by atoms with Crippen molar-refractivity contribution in [1.29, 1.82) is 0 Å². The number of ketones is 1. The van der Waals surface area contributed by atoms with Gasteiger partial charge in [0.05, 0.1) is 60.1 Å². The van der Waals surface area contributed by atoms with Crippen LogP contribution in [0.4, 0.5) is 5.69 Å². The summed E-state index contributed by atoms with van der Waals surface area (Å²) in [6.07, 6.45) is 4.82. The van der Waals surface area contributed by atoms with Crippen molar-refractivity contribution in [3.8, 4) is 28.7 Å². The van der Waals surface area contributed by atoms with E-state index in [9.17, 15) is 39.9 Å². The van der Waals surface area contributed by atoms with Crippen LogP contribution in [0.3, 0.4) is 0 Å². The minimum atomic E-state index is -2.07. The molecule has 362 valence electrons. The van der Waals surface area contributed by atoms with E-state index in [4.69, 9.17) is 23.7 Å². The number of aliphatic hydroxyl groups is 2. The number of aromatic hydroxyl groups is 3. The number of hydrogen-bond donors (Lipinski definition) is 6. The van der Waals surface area contributed by atoms with Gasteiger partial charge in [-0.1, -0.05) is 58.1 Å². The number of methoxy groups -OCH3 is 2. The minimum absolute atomic E-state index is 0.0461. The van der Waals surface area contributed by atoms with Crippen molar-refractivity contribution >= 4 is 40.3 Å². The number of ether oxygens (including phenoxy) is 5. The lowest BCUT2D eigenvalue weighted by atomic mass is 9.78. The van der Waals surface area contributed by atoms with E-state index in [0.29, 0.717) is 32.7 Å². The molecule has 0 spiro atoms. The second-order valence-electron chi connectivity index (χ2n) is 17.9. The van der Waals surface area contributed by atoms with E-state index in [1.54, 1.807) is 52.0 Å². The van der Waals surface area contributed by atoms with Gasteiger partial charge in [-0.2, -0.15) is 5.10 Å². The first-order chi connectivity index (χ1) is 31.7. The number of aliphatic hydroxyl groups excluding tert-OH is 2. The van der Waals surface area contributed by atoms with E-state index in [2.05, 4.69) is 15.3 Å². The monoisotopic (exact) mass is 928 g/mol. The zero-order valence-electron chi connectivity index (χ0n) is 39.8. The topological polar surface area (TPSA) is 229 Å². The van der Waals surface area contributed by atoms with Gasteiger partial charge in [0.1, 0.15) is 29.1 Å². The number of Topliss-reactive ketones (excluding diaryl/α,β-unsaturated/α-hetero) is 1. The number of benzene rings is 3. The smallest absolute Gasteiger partial charge is 0.312 e. The number of piperazine rings is 1. The van der Waals surface area contributed by atoms with Gasteiger partial charge in [0.15, 0.2) is 5.75 Å². The first-order valence-corrected chi connectivity index (χ1v) is 22.4. The van der Waals surface area contributed by atoms with Crippen LogP contribution in [0.1, 0.15) is 75.5 Å². The summed E-state index contributed by atoms with van der Waals surface area (Å²) in [5.41, 5.74) is 0.674. The number of fused-ring (bicyclic) bond motifs is 14. The highest BCUT2D eigenvalue weighted by Crippen LogP contribution is 2.55. The van der Waals surface area contributed by atoms with Gasteiger partial charge in [0, 0.05) is 93.9 Å². The molecule has 17 nitrogen and oxygen atoms in total. The number of allylic oxidation sites excluding steroid dienone is 2. The molecule has 3 aromatic rings. The number of carbonyl (C=O) groups is 3. The third kappa shape index (κ3) is 10.4. The summed E-state index contributed by atoms with van der Waals surface area (Å²) in [4.78, 5) is 43.2. The predicted molar refractivity (Wildman–Crippen MR) is 251 cm³/mol. The Bertz CT molecular complexity index is 2480. The second-order valence-corrected chi connectivity index (χ2v) is 17.9. The van der Waals surface area contributed by atoms with Gasteiger partial charge in [-0.3, -0.25) is 24.3 Å². The summed E-state index contributed by atoms with van der Waals surface area (Å²) in [5, 5.41) is 67.6. The van der Waals surface area contributed by atoms with Gasteiger partial charge in [-0.25, -0.2) is 0 Å². The molecule has 0 radical (unpaired) electrons. The Balaban J connectivity index is 1.44. The normalized spacial score (nSPS) is 27.8. The number of phenolic OH excluding ortho intramolecular Hbond substituents is 3. The Morgan fingerprint density at radius 1 is 0.940 bits per heavy atom. The number of rotatable bonds is 7. The summed E-state index contributed by atoms with van der Waals surface area (Å²) in [6, 6.07) is 7.85. The van der Waals surface area contributed by atoms with E-state index in [1.807, 2.05) is 24.3 Å². The van der Waals surface area contributed by atoms with Crippen LogP contribution < -0.4 is 14.8 Å². The summed E-state index contributed by atoms with van der Waals surface area (Å²) in [7, 11) is 3.06. The van der Waals surface area contributed by atoms with Gasteiger partial charge < -0.3 is 54.5 Å². The van der Waals surface area contributed by atoms with Gasteiger partial charge in [-0.15, -0.1) is 0 Å². The quantitative estimate of drug-likeness (QED) is 0.0700. The maximum Gasteiger partial charge on any atom is 0.312 e. The molecule has 4 aliphatic rings. The summed E-state index contributed by atoms with van der Waals surface area (Å²) in [5.74, 6) is -7.73. The molecule has 1 fully saturated rings. The van der Waals surface area contributed by atoms with Crippen LogP contribution in [0.2, 0.25) is 0 Å². The fourth-order valence-corrected chi connectivity index (χ4v) is 9.05. The summed E-state index contributed by atoms with van der Waals surface area (Å²) in [6.45, 7) is 15.5. The van der Waals surface area contributed by atoms with Gasteiger partial charge in [0.25, 0.3) is 11.7 Å². The molecular weight excluding hydrogens is 865 g/mol. The Labute approximate surface area is 390 Å². The molecule has 6 N–H and O–H groups in total. The van der Waals surface area contributed by atoms with Crippen LogP contribution in [0.5, 0.6) is 28.7 Å². The van der Waals surface area contributed by atoms with Gasteiger partial charge in [-0.05, 0) is 37.6 Å². The minimum Gasteiger partial charge on any atom is -0.507 e. The van der Waals surface area contributed by atoms with Crippen molar-refractivity contribution in [2.45, 2.75) is 92.1 Å².